The van der Waals surface area contributed by atoms with Gasteiger partial charge in [0, 0.05) is 12.5 Å². The molecule has 0 amide bonds. The third kappa shape index (κ3) is 2.27. The number of hydrogen-bond donors (Lipinski definition) is 1. The normalized spacial score (nSPS) is 33.7. The molecule has 1 N–H and O–H groups in total. The van der Waals surface area contributed by atoms with Crippen molar-refractivity contribution in [3.8, 4) is 0 Å². The molecule has 17 heavy (non-hydrogen) atoms. The molecular weight excluding hydrogens is 215 g/mol. The highest BCUT2D eigenvalue weighted by atomic mass is 19.1. The second-order valence-corrected chi connectivity index (χ2v) is 5.02. The van der Waals surface area contributed by atoms with E-state index in [4.69, 9.17) is 0 Å². The fraction of sp³-hybridized carbons (Fsp3) is 0.467. The Morgan fingerprint density at radius 1 is 1.35 bits per heavy atom. The summed E-state index contributed by atoms with van der Waals surface area (Å²) in [6, 6.07) is 9.62. The Balaban J connectivity index is 2.36. The molecule has 4 atom stereocenters. The molecule has 2 rings (SSSR count). The second kappa shape index (κ2) is 5.01. The average molecular weight is 234 g/mol. The molecule has 0 radical (unpaired) electrons. The van der Waals surface area contributed by atoms with Crippen LogP contribution in [0, 0.1) is 11.8 Å². The monoisotopic (exact) mass is 234 g/mol. The van der Waals surface area contributed by atoms with E-state index in [1.807, 2.05) is 30.3 Å². The van der Waals surface area contributed by atoms with Crippen LogP contribution >= 0.6 is 0 Å². The molecule has 1 nitrogen and oxygen atoms in total. The lowest BCUT2D eigenvalue weighted by atomic mass is 9.68. The number of halogens is 1. The van der Waals surface area contributed by atoms with Gasteiger partial charge in [-0.1, -0.05) is 43.8 Å². The molecule has 0 unspecified atom stereocenters. The maximum atomic E-state index is 14.3. The molecule has 0 bridgehead atoms. The van der Waals surface area contributed by atoms with Gasteiger partial charge in [0.1, 0.15) is 6.17 Å². The summed E-state index contributed by atoms with van der Waals surface area (Å²) >= 11 is 0. The molecule has 1 aliphatic carbocycles. The van der Waals surface area contributed by atoms with Crippen LogP contribution in [0.5, 0.6) is 0 Å². The van der Waals surface area contributed by atoms with Crippen molar-refractivity contribution < 1.29 is 9.50 Å². The average Bonchev–Trinajstić information content (AvgIpc) is 2.34. The smallest absolute Gasteiger partial charge is 0.128 e. The third-order valence-corrected chi connectivity index (χ3v) is 3.88. The fourth-order valence-electron chi connectivity index (χ4n) is 2.89. The molecule has 1 aromatic rings. The van der Waals surface area contributed by atoms with Crippen LogP contribution in [0.3, 0.4) is 0 Å². The number of aliphatic hydroxyl groups is 1. The van der Waals surface area contributed by atoms with E-state index in [0.717, 1.165) is 5.56 Å². The fourth-order valence-corrected chi connectivity index (χ4v) is 2.89. The van der Waals surface area contributed by atoms with Crippen molar-refractivity contribution in [2.45, 2.75) is 25.4 Å². The Morgan fingerprint density at radius 2 is 2.00 bits per heavy atom. The quantitative estimate of drug-likeness (QED) is 0.778. The van der Waals surface area contributed by atoms with E-state index >= 15 is 0 Å². The number of aliphatic hydroxyl groups excluding tert-OH is 1. The standard InChI is InChI=1S/C15H19FO/c1-10-8-11(2)15(16)14(13(10)9-17)12-6-4-3-5-7-12/h3-7,10,13-15,17H,2,8-9H2,1H3/t10-,13+,14-,15-/m1/s1. The maximum Gasteiger partial charge on any atom is 0.128 e. The minimum Gasteiger partial charge on any atom is -0.396 e. The molecule has 0 heterocycles. The lowest BCUT2D eigenvalue weighted by Gasteiger charge is -2.39. The van der Waals surface area contributed by atoms with E-state index in [2.05, 4.69) is 13.5 Å². The summed E-state index contributed by atoms with van der Waals surface area (Å²) in [6.45, 7) is 5.93. The summed E-state index contributed by atoms with van der Waals surface area (Å²) in [5.41, 5.74) is 1.63. The van der Waals surface area contributed by atoms with E-state index in [1.165, 1.54) is 0 Å². The Kier molecular flexibility index (Phi) is 3.63. The minimum absolute atomic E-state index is 0.0158. The molecule has 1 saturated carbocycles. The molecule has 0 spiro atoms. The predicted octanol–water partition coefficient (Wildman–Crippen LogP) is 3.31. The first-order valence-electron chi connectivity index (χ1n) is 6.12. The first kappa shape index (κ1) is 12.3. The zero-order chi connectivity index (χ0) is 12.4. The van der Waals surface area contributed by atoms with Gasteiger partial charge in [-0.2, -0.15) is 0 Å². The van der Waals surface area contributed by atoms with Gasteiger partial charge >= 0.3 is 0 Å². The second-order valence-electron chi connectivity index (χ2n) is 5.02. The van der Waals surface area contributed by atoms with Crippen LogP contribution in [-0.4, -0.2) is 17.9 Å². The Labute approximate surface area is 102 Å². The summed E-state index contributed by atoms with van der Waals surface area (Å²) in [6.07, 6.45) is -0.360. The maximum absolute atomic E-state index is 14.3. The van der Waals surface area contributed by atoms with Gasteiger partial charge in [-0.05, 0) is 29.4 Å². The van der Waals surface area contributed by atoms with Gasteiger partial charge in [-0.15, -0.1) is 0 Å². The summed E-state index contributed by atoms with van der Waals surface area (Å²) in [4.78, 5) is 0. The number of alkyl halides is 1. The molecule has 2 heteroatoms. The lowest BCUT2D eigenvalue weighted by molar-refractivity contribution is 0.0986. The number of hydrogen-bond acceptors (Lipinski definition) is 1. The summed E-state index contributed by atoms with van der Waals surface area (Å²) in [5, 5.41) is 9.50. The van der Waals surface area contributed by atoms with Crippen LogP contribution in [0.1, 0.15) is 24.8 Å². The molecule has 0 aliphatic heterocycles. The number of rotatable bonds is 2. The largest absolute Gasteiger partial charge is 0.396 e. The summed E-state index contributed by atoms with van der Waals surface area (Å²) in [7, 11) is 0. The van der Waals surface area contributed by atoms with Gasteiger partial charge in [-0.25, -0.2) is 4.39 Å². The highest BCUT2D eigenvalue weighted by Gasteiger charge is 2.40. The van der Waals surface area contributed by atoms with Crippen molar-refractivity contribution in [3.63, 3.8) is 0 Å². The van der Waals surface area contributed by atoms with Crippen LogP contribution in [0.15, 0.2) is 42.5 Å². The van der Waals surface area contributed by atoms with Crippen molar-refractivity contribution in [2.24, 2.45) is 11.8 Å². The number of benzene rings is 1. The first-order valence-corrected chi connectivity index (χ1v) is 6.12. The Hall–Kier alpha value is -1.15. The Bertz CT molecular complexity index is 387. The zero-order valence-corrected chi connectivity index (χ0v) is 10.1. The number of allylic oxidation sites excluding steroid dienone is 1. The van der Waals surface area contributed by atoms with Crippen molar-refractivity contribution >= 4 is 0 Å². The molecule has 1 aliphatic rings. The molecule has 92 valence electrons. The van der Waals surface area contributed by atoms with Crippen LogP contribution in [-0.2, 0) is 0 Å². The van der Waals surface area contributed by atoms with E-state index in [1.54, 1.807) is 0 Å². The van der Waals surface area contributed by atoms with Crippen molar-refractivity contribution in [3.05, 3.63) is 48.0 Å². The molecular formula is C15H19FO. The third-order valence-electron chi connectivity index (χ3n) is 3.88. The van der Waals surface area contributed by atoms with E-state index < -0.39 is 6.17 Å². The minimum atomic E-state index is -1.04. The van der Waals surface area contributed by atoms with Crippen LogP contribution in [0.4, 0.5) is 4.39 Å². The predicted molar refractivity (Wildman–Crippen MR) is 67.6 cm³/mol. The van der Waals surface area contributed by atoms with Crippen molar-refractivity contribution in [1.82, 2.24) is 0 Å². The Morgan fingerprint density at radius 3 is 2.59 bits per heavy atom. The van der Waals surface area contributed by atoms with Gasteiger partial charge in [-0.3, -0.25) is 0 Å². The van der Waals surface area contributed by atoms with Crippen LogP contribution in [0.2, 0.25) is 0 Å². The lowest BCUT2D eigenvalue weighted by Crippen LogP contribution is -2.36. The van der Waals surface area contributed by atoms with Crippen molar-refractivity contribution in [1.29, 1.82) is 0 Å². The van der Waals surface area contributed by atoms with Gasteiger partial charge in [0.05, 0.1) is 0 Å². The van der Waals surface area contributed by atoms with Gasteiger partial charge < -0.3 is 5.11 Å². The van der Waals surface area contributed by atoms with E-state index in [0.29, 0.717) is 12.0 Å². The van der Waals surface area contributed by atoms with Gasteiger partial charge in [0.2, 0.25) is 0 Å². The summed E-state index contributed by atoms with van der Waals surface area (Å²) < 4.78 is 14.3. The van der Waals surface area contributed by atoms with Gasteiger partial charge in [0.15, 0.2) is 0 Å². The van der Waals surface area contributed by atoms with Gasteiger partial charge in [0.25, 0.3) is 0 Å². The first-order chi connectivity index (χ1) is 8.15. The zero-order valence-electron chi connectivity index (χ0n) is 10.1. The van der Waals surface area contributed by atoms with Crippen molar-refractivity contribution in [2.75, 3.05) is 6.61 Å². The van der Waals surface area contributed by atoms with Crippen LogP contribution in [0.25, 0.3) is 0 Å². The molecule has 1 fully saturated rings. The van der Waals surface area contributed by atoms with Crippen LogP contribution < -0.4 is 0 Å². The highest BCUT2D eigenvalue weighted by molar-refractivity contribution is 5.28. The summed E-state index contributed by atoms with van der Waals surface area (Å²) in [5.74, 6) is 0.0139. The molecule has 0 aromatic heterocycles. The topological polar surface area (TPSA) is 20.2 Å². The highest BCUT2D eigenvalue weighted by Crippen LogP contribution is 2.44. The van der Waals surface area contributed by atoms with E-state index in [9.17, 15) is 9.50 Å². The SMILES string of the molecule is C=C1C[C@@H](C)[C@H](CO)[C@@H](c2ccccc2)[C@@H]1F. The molecule has 1 aromatic carbocycles. The van der Waals surface area contributed by atoms with E-state index in [-0.39, 0.29) is 24.4 Å². The molecule has 0 saturated heterocycles.